The number of benzene rings is 2. The van der Waals surface area contributed by atoms with Crippen molar-refractivity contribution in [1.29, 1.82) is 0 Å². The summed E-state index contributed by atoms with van der Waals surface area (Å²) < 4.78 is 1.15. The molecular weight excluding hydrogens is 324 g/mol. The Morgan fingerprint density at radius 1 is 1.05 bits per heavy atom. The Kier molecular flexibility index (Phi) is 4.49. The average Bonchev–Trinajstić information content (AvgIpc) is 3.03. The maximum atomic E-state index is 3.59. The Balaban J connectivity index is 1.77. The summed E-state index contributed by atoms with van der Waals surface area (Å²) in [6.07, 6.45) is 2.62. The highest BCUT2D eigenvalue weighted by Crippen LogP contribution is 2.27. The van der Waals surface area contributed by atoms with E-state index >= 15 is 0 Å². The van der Waals surface area contributed by atoms with Gasteiger partial charge in [0.1, 0.15) is 0 Å². The molecule has 21 heavy (non-hydrogen) atoms. The first-order valence-electron chi connectivity index (χ1n) is 7.57. The topological polar surface area (TPSA) is 15.3 Å². The van der Waals surface area contributed by atoms with Gasteiger partial charge in [-0.25, -0.2) is 0 Å². The lowest BCUT2D eigenvalue weighted by Crippen LogP contribution is -2.20. The maximum Gasteiger partial charge on any atom is 0.0421 e. The van der Waals surface area contributed by atoms with E-state index < -0.39 is 0 Å². The first kappa shape index (κ1) is 14.5. The fraction of sp³-hybridized carbons (Fsp3) is 0.333. The molecule has 0 saturated carbocycles. The molecule has 0 aromatic heterocycles. The largest absolute Gasteiger partial charge is 0.381 e. The third-order valence-electron chi connectivity index (χ3n) is 4.18. The minimum atomic E-state index is 0.865. The molecule has 0 spiro atoms. The number of nitrogens with one attached hydrogen (secondary N) is 1. The van der Waals surface area contributed by atoms with E-state index in [-0.39, 0.29) is 0 Å². The summed E-state index contributed by atoms with van der Waals surface area (Å²) in [5.41, 5.74) is 5.21. The van der Waals surface area contributed by atoms with Crippen LogP contribution in [-0.2, 0) is 6.54 Å². The monoisotopic (exact) mass is 344 g/mol. The van der Waals surface area contributed by atoms with Crippen LogP contribution in [0.4, 0.5) is 11.4 Å². The molecule has 2 aromatic rings. The quantitative estimate of drug-likeness (QED) is 0.842. The molecule has 0 unspecified atom stereocenters. The van der Waals surface area contributed by atoms with Crippen LogP contribution in [0.2, 0.25) is 0 Å². The van der Waals surface area contributed by atoms with Gasteiger partial charge in [0.15, 0.2) is 0 Å². The van der Waals surface area contributed by atoms with Gasteiger partial charge in [-0.2, -0.15) is 0 Å². The van der Waals surface area contributed by atoms with E-state index in [2.05, 4.69) is 75.5 Å². The van der Waals surface area contributed by atoms with Crippen molar-refractivity contribution in [3.05, 3.63) is 58.1 Å². The lowest BCUT2D eigenvalue weighted by Gasteiger charge is -2.22. The van der Waals surface area contributed by atoms with Gasteiger partial charge in [-0.05, 0) is 49.1 Å². The molecule has 110 valence electrons. The van der Waals surface area contributed by atoms with Crippen molar-refractivity contribution >= 4 is 27.3 Å². The van der Waals surface area contributed by atoms with E-state index in [4.69, 9.17) is 0 Å². The second-order valence-electron chi connectivity index (χ2n) is 5.59. The van der Waals surface area contributed by atoms with Crippen LogP contribution in [0.1, 0.15) is 24.0 Å². The van der Waals surface area contributed by atoms with Gasteiger partial charge in [0.25, 0.3) is 0 Å². The van der Waals surface area contributed by atoms with Crippen LogP contribution in [0.5, 0.6) is 0 Å². The Bertz CT molecular complexity index is 618. The second-order valence-corrected chi connectivity index (χ2v) is 6.44. The van der Waals surface area contributed by atoms with Crippen LogP contribution in [0.3, 0.4) is 0 Å². The molecule has 2 aromatic carbocycles. The molecular formula is C18H21BrN2. The zero-order valence-corrected chi connectivity index (χ0v) is 14.0. The number of hydrogen-bond acceptors (Lipinski definition) is 2. The van der Waals surface area contributed by atoms with Crippen LogP contribution < -0.4 is 10.2 Å². The van der Waals surface area contributed by atoms with Crippen LogP contribution in [0, 0.1) is 6.92 Å². The van der Waals surface area contributed by atoms with E-state index in [0.29, 0.717) is 0 Å². The highest BCUT2D eigenvalue weighted by molar-refractivity contribution is 9.10. The summed E-state index contributed by atoms with van der Waals surface area (Å²) in [7, 11) is 0. The Morgan fingerprint density at radius 3 is 2.62 bits per heavy atom. The molecule has 1 fully saturated rings. The Morgan fingerprint density at radius 2 is 1.81 bits per heavy atom. The predicted octanol–water partition coefficient (Wildman–Crippen LogP) is 4.97. The van der Waals surface area contributed by atoms with Crippen molar-refractivity contribution in [2.45, 2.75) is 26.3 Å². The van der Waals surface area contributed by atoms with E-state index in [9.17, 15) is 0 Å². The van der Waals surface area contributed by atoms with Gasteiger partial charge >= 0.3 is 0 Å². The molecule has 2 nitrogen and oxygen atoms in total. The molecule has 1 aliphatic rings. The third kappa shape index (κ3) is 3.24. The van der Waals surface area contributed by atoms with Gasteiger partial charge in [-0.15, -0.1) is 0 Å². The summed E-state index contributed by atoms with van der Waals surface area (Å²) in [6.45, 7) is 5.38. The molecule has 3 heteroatoms. The van der Waals surface area contributed by atoms with Gasteiger partial charge in [0, 0.05) is 35.5 Å². The Hall–Kier alpha value is -1.48. The van der Waals surface area contributed by atoms with Gasteiger partial charge in [-0.3, -0.25) is 0 Å². The van der Waals surface area contributed by atoms with Crippen LogP contribution in [0.15, 0.2) is 46.9 Å². The van der Waals surface area contributed by atoms with Crippen molar-refractivity contribution < 1.29 is 0 Å². The van der Waals surface area contributed by atoms with Crippen molar-refractivity contribution in [3.8, 4) is 0 Å². The highest BCUT2D eigenvalue weighted by atomic mass is 79.9. The SMILES string of the molecule is Cc1c(Br)cccc1NCc1ccccc1N1CCCC1. The zero-order chi connectivity index (χ0) is 14.7. The van der Waals surface area contributed by atoms with Gasteiger partial charge in [0.05, 0.1) is 0 Å². The van der Waals surface area contributed by atoms with Gasteiger partial charge in [-0.1, -0.05) is 40.2 Å². The first-order valence-corrected chi connectivity index (χ1v) is 8.37. The van der Waals surface area contributed by atoms with Gasteiger partial charge < -0.3 is 10.2 Å². The number of hydrogen-bond donors (Lipinski definition) is 1. The molecule has 1 aliphatic heterocycles. The standard InChI is InChI=1S/C18H21BrN2/c1-14-16(19)8-6-9-17(14)20-13-15-7-2-3-10-18(15)21-11-4-5-12-21/h2-3,6-10,20H,4-5,11-13H2,1H3. The summed E-state index contributed by atoms with van der Waals surface area (Å²) in [5.74, 6) is 0. The number of halogens is 1. The molecule has 0 bridgehead atoms. The minimum Gasteiger partial charge on any atom is -0.381 e. The number of rotatable bonds is 4. The molecule has 0 atom stereocenters. The van der Waals surface area contributed by atoms with Crippen molar-refractivity contribution in [1.82, 2.24) is 0 Å². The Labute approximate surface area is 135 Å². The van der Waals surface area contributed by atoms with E-state index in [1.807, 2.05) is 0 Å². The molecule has 0 amide bonds. The van der Waals surface area contributed by atoms with E-state index in [1.54, 1.807) is 0 Å². The van der Waals surface area contributed by atoms with Crippen LogP contribution >= 0.6 is 15.9 Å². The fourth-order valence-electron chi connectivity index (χ4n) is 2.92. The summed E-state index contributed by atoms with van der Waals surface area (Å²) in [4.78, 5) is 2.50. The molecule has 0 radical (unpaired) electrons. The van der Waals surface area contributed by atoms with Crippen molar-refractivity contribution in [2.75, 3.05) is 23.3 Å². The average molecular weight is 345 g/mol. The van der Waals surface area contributed by atoms with Crippen LogP contribution in [0.25, 0.3) is 0 Å². The predicted molar refractivity (Wildman–Crippen MR) is 94.1 cm³/mol. The van der Waals surface area contributed by atoms with Crippen molar-refractivity contribution in [2.24, 2.45) is 0 Å². The van der Waals surface area contributed by atoms with Crippen molar-refractivity contribution in [3.63, 3.8) is 0 Å². The summed E-state index contributed by atoms with van der Waals surface area (Å²) in [6, 6.07) is 15.0. The lowest BCUT2D eigenvalue weighted by atomic mass is 10.1. The second kappa shape index (κ2) is 6.52. The smallest absolute Gasteiger partial charge is 0.0421 e. The number of para-hydroxylation sites is 1. The fourth-order valence-corrected chi connectivity index (χ4v) is 3.28. The maximum absolute atomic E-state index is 3.59. The van der Waals surface area contributed by atoms with Crippen LogP contribution in [-0.4, -0.2) is 13.1 Å². The molecule has 3 rings (SSSR count). The lowest BCUT2D eigenvalue weighted by molar-refractivity contribution is 0.949. The number of anilines is 2. The van der Waals surface area contributed by atoms with E-state index in [0.717, 1.165) is 11.0 Å². The molecule has 1 N–H and O–H groups in total. The molecule has 1 saturated heterocycles. The summed E-state index contributed by atoms with van der Waals surface area (Å²) >= 11 is 3.59. The molecule has 0 aliphatic carbocycles. The third-order valence-corrected chi connectivity index (χ3v) is 5.03. The highest BCUT2D eigenvalue weighted by Gasteiger charge is 2.15. The minimum absolute atomic E-state index is 0.865. The summed E-state index contributed by atoms with van der Waals surface area (Å²) in [5, 5.41) is 3.58. The van der Waals surface area contributed by atoms with E-state index in [1.165, 1.54) is 48.4 Å². The first-order chi connectivity index (χ1) is 10.3. The normalized spacial score (nSPS) is 14.5. The van der Waals surface area contributed by atoms with Gasteiger partial charge in [0.2, 0.25) is 0 Å². The molecule has 1 heterocycles. The zero-order valence-electron chi connectivity index (χ0n) is 12.4. The number of nitrogens with zero attached hydrogens (tertiary/aromatic N) is 1.